The second kappa shape index (κ2) is 5.01. The molecule has 1 heterocycles. The van der Waals surface area contributed by atoms with Crippen molar-refractivity contribution in [1.29, 1.82) is 0 Å². The van der Waals surface area contributed by atoms with E-state index in [4.69, 9.17) is 0 Å². The van der Waals surface area contributed by atoms with Crippen LogP contribution in [0, 0.1) is 11.7 Å². The van der Waals surface area contributed by atoms with Gasteiger partial charge in [-0.1, -0.05) is 12.1 Å². The number of hydrogen-bond acceptors (Lipinski definition) is 4. The van der Waals surface area contributed by atoms with Gasteiger partial charge in [-0.15, -0.1) is 0 Å². The van der Waals surface area contributed by atoms with Crippen LogP contribution in [0.2, 0.25) is 0 Å². The average molecular weight is 253 g/mol. The number of carbonyl (C=O) groups excluding carboxylic acids is 2. The van der Waals surface area contributed by atoms with E-state index < -0.39 is 29.7 Å². The number of benzene rings is 1. The number of aliphatic hydroxyl groups is 1. The highest BCUT2D eigenvalue weighted by Crippen LogP contribution is 2.13. The Labute approximate surface area is 102 Å². The quantitative estimate of drug-likeness (QED) is 0.427. The van der Waals surface area contributed by atoms with Gasteiger partial charge in [-0.05, 0) is 12.1 Å². The lowest BCUT2D eigenvalue weighted by Crippen LogP contribution is -2.42. The number of rotatable bonds is 3. The first kappa shape index (κ1) is 12.3. The molecule has 2 amide bonds. The number of para-hydroxylation sites is 1. The highest BCUT2D eigenvalue weighted by Gasteiger charge is 2.39. The standard InChI is InChI=1S/C11H12FN3O3/c12-6-3-1-2-4-7(6)14-15-11(18)9-8(16)5-13-10(9)17/h1-4,8-9,14,16H,5H2,(H,13,17)(H,15,18). The first-order valence-corrected chi connectivity index (χ1v) is 5.36. The number of aliphatic hydroxyl groups excluding tert-OH is 1. The number of hydrogen-bond donors (Lipinski definition) is 4. The summed E-state index contributed by atoms with van der Waals surface area (Å²) in [6.07, 6.45) is -1.07. The number of anilines is 1. The van der Waals surface area contributed by atoms with Gasteiger partial charge in [0.1, 0.15) is 11.7 Å². The summed E-state index contributed by atoms with van der Waals surface area (Å²) >= 11 is 0. The van der Waals surface area contributed by atoms with Crippen molar-refractivity contribution in [3.8, 4) is 0 Å². The molecule has 0 aliphatic carbocycles. The van der Waals surface area contributed by atoms with Gasteiger partial charge in [0.2, 0.25) is 5.91 Å². The van der Waals surface area contributed by atoms with Crippen molar-refractivity contribution in [2.24, 2.45) is 5.92 Å². The molecule has 0 bridgehead atoms. The van der Waals surface area contributed by atoms with Gasteiger partial charge >= 0.3 is 0 Å². The molecule has 0 spiro atoms. The third-order valence-corrected chi connectivity index (χ3v) is 2.63. The topological polar surface area (TPSA) is 90.5 Å². The van der Waals surface area contributed by atoms with Gasteiger partial charge in [0.15, 0.2) is 0 Å². The number of carbonyl (C=O) groups is 2. The van der Waals surface area contributed by atoms with Crippen LogP contribution in [-0.4, -0.2) is 29.6 Å². The maximum atomic E-state index is 13.2. The third-order valence-electron chi connectivity index (χ3n) is 2.63. The lowest BCUT2D eigenvalue weighted by atomic mass is 10.1. The Morgan fingerprint density at radius 1 is 1.44 bits per heavy atom. The van der Waals surface area contributed by atoms with Crippen molar-refractivity contribution in [3.63, 3.8) is 0 Å². The molecule has 0 aromatic heterocycles. The predicted octanol–water partition coefficient (Wildman–Crippen LogP) is -0.624. The SMILES string of the molecule is O=C1NCC(O)C1C(=O)NNc1ccccc1F. The minimum Gasteiger partial charge on any atom is -0.390 e. The van der Waals surface area contributed by atoms with Crippen LogP contribution in [0.15, 0.2) is 24.3 Å². The zero-order valence-corrected chi connectivity index (χ0v) is 9.31. The Bertz CT molecular complexity index is 480. The van der Waals surface area contributed by atoms with E-state index in [1.165, 1.54) is 18.2 Å². The monoisotopic (exact) mass is 253 g/mol. The van der Waals surface area contributed by atoms with Crippen molar-refractivity contribution in [2.75, 3.05) is 12.0 Å². The molecular weight excluding hydrogens is 241 g/mol. The summed E-state index contributed by atoms with van der Waals surface area (Å²) in [4.78, 5) is 22.9. The van der Waals surface area contributed by atoms with Gasteiger partial charge in [-0.2, -0.15) is 0 Å². The highest BCUT2D eigenvalue weighted by atomic mass is 19.1. The molecule has 1 aliphatic heterocycles. The van der Waals surface area contributed by atoms with Gasteiger partial charge in [0.05, 0.1) is 11.8 Å². The molecule has 2 unspecified atom stereocenters. The smallest absolute Gasteiger partial charge is 0.253 e. The zero-order chi connectivity index (χ0) is 13.1. The number of halogens is 1. The van der Waals surface area contributed by atoms with Gasteiger partial charge in [-0.3, -0.25) is 20.4 Å². The molecule has 2 atom stereocenters. The maximum Gasteiger partial charge on any atom is 0.253 e. The van der Waals surface area contributed by atoms with Crippen LogP contribution in [0.25, 0.3) is 0 Å². The van der Waals surface area contributed by atoms with Crippen LogP contribution in [0.5, 0.6) is 0 Å². The summed E-state index contributed by atoms with van der Waals surface area (Å²) in [5.41, 5.74) is 4.64. The largest absolute Gasteiger partial charge is 0.390 e. The van der Waals surface area contributed by atoms with Gasteiger partial charge in [0, 0.05) is 6.54 Å². The van der Waals surface area contributed by atoms with Gasteiger partial charge < -0.3 is 10.4 Å². The number of nitrogens with one attached hydrogen (secondary N) is 3. The van der Waals surface area contributed by atoms with E-state index in [0.29, 0.717) is 0 Å². The third kappa shape index (κ3) is 2.40. The Morgan fingerprint density at radius 3 is 2.78 bits per heavy atom. The van der Waals surface area contributed by atoms with Crippen LogP contribution in [0.1, 0.15) is 0 Å². The lowest BCUT2D eigenvalue weighted by molar-refractivity contribution is -0.135. The lowest BCUT2D eigenvalue weighted by Gasteiger charge is -2.13. The van der Waals surface area contributed by atoms with E-state index >= 15 is 0 Å². The number of hydrazine groups is 1. The Hall–Kier alpha value is -2.15. The summed E-state index contributed by atoms with van der Waals surface area (Å²) in [5, 5.41) is 11.8. The molecule has 1 fully saturated rings. The van der Waals surface area contributed by atoms with Crippen molar-refractivity contribution in [2.45, 2.75) is 6.10 Å². The molecule has 4 N–H and O–H groups in total. The molecule has 1 saturated heterocycles. The predicted molar refractivity (Wildman–Crippen MR) is 60.7 cm³/mol. The van der Waals surface area contributed by atoms with E-state index in [9.17, 15) is 19.1 Å². The molecule has 7 heteroatoms. The number of amides is 2. The zero-order valence-electron chi connectivity index (χ0n) is 9.31. The second-order valence-corrected chi connectivity index (χ2v) is 3.88. The van der Waals surface area contributed by atoms with E-state index in [-0.39, 0.29) is 12.2 Å². The molecule has 1 aromatic rings. The normalized spacial score (nSPS) is 22.4. The van der Waals surface area contributed by atoms with Crippen LogP contribution < -0.4 is 16.2 Å². The molecule has 1 aromatic carbocycles. The summed E-state index contributed by atoms with van der Waals surface area (Å²) < 4.78 is 13.2. The Balaban J connectivity index is 1.97. The van der Waals surface area contributed by atoms with Crippen molar-refractivity contribution < 1.29 is 19.1 Å². The average Bonchev–Trinajstić information content (AvgIpc) is 2.68. The fourth-order valence-electron chi connectivity index (χ4n) is 1.67. The van der Waals surface area contributed by atoms with E-state index in [2.05, 4.69) is 16.2 Å². The minimum absolute atomic E-state index is 0.0383. The molecule has 18 heavy (non-hydrogen) atoms. The van der Waals surface area contributed by atoms with E-state index in [0.717, 1.165) is 0 Å². The van der Waals surface area contributed by atoms with Gasteiger partial charge in [0.25, 0.3) is 5.91 Å². The van der Waals surface area contributed by atoms with E-state index in [1.54, 1.807) is 6.07 Å². The van der Waals surface area contributed by atoms with Crippen LogP contribution >= 0.6 is 0 Å². The summed E-state index contributed by atoms with van der Waals surface area (Å²) in [5.74, 6) is -2.96. The Kier molecular flexibility index (Phi) is 3.42. The molecule has 0 radical (unpaired) electrons. The second-order valence-electron chi connectivity index (χ2n) is 3.88. The number of β-amino-alcohol motifs (C(OH)–C–C–N with tert-alkyl or cyclic N) is 1. The van der Waals surface area contributed by atoms with Crippen LogP contribution in [0.3, 0.4) is 0 Å². The summed E-state index contributed by atoms with van der Waals surface area (Å²) in [6, 6.07) is 5.76. The fraction of sp³-hybridized carbons (Fsp3) is 0.273. The minimum atomic E-state index is -1.18. The molecule has 96 valence electrons. The molecule has 1 aliphatic rings. The summed E-state index contributed by atoms with van der Waals surface area (Å²) in [6.45, 7) is 0.0383. The highest BCUT2D eigenvalue weighted by molar-refractivity contribution is 6.02. The van der Waals surface area contributed by atoms with Crippen molar-refractivity contribution in [3.05, 3.63) is 30.1 Å². The van der Waals surface area contributed by atoms with E-state index in [1.807, 2.05) is 0 Å². The first-order chi connectivity index (χ1) is 8.59. The van der Waals surface area contributed by atoms with Crippen molar-refractivity contribution in [1.82, 2.24) is 10.7 Å². The van der Waals surface area contributed by atoms with Crippen LogP contribution in [0.4, 0.5) is 10.1 Å². The Morgan fingerprint density at radius 2 is 2.17 bits per heavy atom. The maximum absolute atomic E-state index is 13.2. The van der Waals surface area contributed by atoms with Crippen molar-refractivity contribution >= 4 is 17.5 Å². The fourth-order valence-corrected chi connectivity index (χ4v) is 1.67. The van der Waals surface area contributed by atoms with Crippen LogP contribution in [-0.2, 0) is 9.59 Å². The van der Waals surface area contributed by atoms with Gasteiger partial charge in [-0.25, -0.2) is 4.39 Å². The molecule has 2 rings (SSSR count). The molecular formula is C11H12FN3O3. The first-order valence-electron chi connectivity index (χ1n) is 5.36. The molecule has 0 saturated carbocycles. The summed E-state index contributed by atoms with van der Waals surface area (Å²) in [7, 11) is 0. The molecule has 6 nitrogen and oxygen atoms in total.